The van der Waals surface area contributed by atoms with E-state index in [0.29, 0.717) is 11.5 Å². The smallest absolute Gasteiger partial charge is 0.119 e. The Morgan fingerprint density at radius 2 is 2.00 bits per heavy atom. The molecule has 0 unspecified atom stereocenters. The van der Waals surface area contributed by atoms with Crippen LogP contribution in [0.15, 0.2) is 18.2 Å². The summed E-state index contributed by atoms with van der Waals surface area (Å²) in [5.41, 5.74) is 3.61. The lowest BCUT2D eigenvalue weighted by Crippen LogP contribution is -2.46. The molecule has 0 spiro atoms. The summed E-state index contributed by atoms with van der Waals surface area (Å²) in [5.74, 6) is 3.48. The summed E-state index contributed by atoms with van der Waals surface area (Å²) in [7, 11) is 1.79. The van der Waals surface area contributed by atoms with E-state index in [4.69, 9.17) is 9.47 Å². The van der Waals surface area contributed by atoms with Gasteiger partial charge in [-0.25, -0.2) is 0 Å². The van der Waals surface area contributed by atoms with Crippen molar-refractivity contribution in [1.82, 2.24) is 0 Å². The summed E-state index contributed by atoms with van der Waals surface area (Å²) < 4.78 is 11.7. The molecule has 0 aliphatic heterocycles. The molecule has 1 aromatic carbocycles. The number of hydrogen-bond donors (Lipinski definition) is 0. The van der Waals surface area contributed by atoms with E-state index in [1.165, 1.54) is 44.9 Å². The highest BCUT2D eigenvalue weighted by Gasteiger charge is 2.56. The first-order valence-electron chi connectivity index (χ1n) is 10.0. The van der Waals surface area contributed by atoms with Crippen LogP contribution >= 0.6 is 0 Å². The second kappa shape index (κ2) is 6.37. The molecule has 2 fully saturated rings. The van der Waals surface area contributed by atoms with E-state index in [9.17, 15) is 0 Å². The van der Waals surface area contributed by atoms with E-state index in [-0.39, 0.29) is 0 Å². The second-order valence-electron chi connectivity index (χ2n) is 8.13. The Morgan fingerprint density at radius 1 is 1.12 bits per heavy atom. The van der Waals surface area contributed by atoms with E-state index >= 15 is 0 Å². The van der Waals surface area contributed by atoms with Gasteiger partial charge in [0.1, 0.15) is 5.75 Å². The summed E-state index contributed by atoms with van der Waals surface area (Å²) in [6.45, 7) is 5.43. The molecule has 0 bridgehead atoms. The predicted molar refractivity (Wildman–Crippen MR) is 97.6 cm³/mol. The number of methoxy groups -OCH3 is 1. The summed E-state index contributed by atoms with van der Waals surface area (Å²) in [4.78, 5) is 0. The average Bonchev–Trinajstić information content (AvgIpc) is 3.00. The highest BCUT2D eigenvalue weighted by atomic mass is 16.5. The Balaban J connectivity index is 1.66. The van der Waals surface area contributed by atoms with Crippen molar-refractivity contribution in [1.29, 1.82) is 0 Å². The first-order valence-corrected chi connectivity index (χ1v) is 10.0. The SMILES string of the molecule is CCO[C@H]1CC[C@H]2[C@@H]3CCc4ccc(OC)cc4[C@H]3CC[C@]12CC. The molecule has 0 radical (unpaired) electrons. The third-order valence-electron chi connectivity index (χ3n) is 7.60. The van der Waals surface area contributed by atoms with Crippen LogP contribution in [0.1, 0.15) is 69.4 Å². The zero-order valence-electron chi connectivity index (χ0n) is 15.5. The molecule has 2 saturated carbocycles. The Morgan fingerprint density at radius 3 is 2.75 bits per heavy atom. The maximum Gasteiger partial charge on any atom is 0.119 e. The van der Waals surface area contributed by atoms with Crippen molar-refractivity contribution in [2.45, 2.75) is 70.8 Å². The first-order chi connectivity index (χ1) is 11.7. The highest BCUT2D eigenvalue weighted by molar-refractivity contribution is 5.41. The normalized spacial score (nSPS) is 37.5. The van der Waals surface area contributed by atoms with Gasteiger partial charge in [0.15, 0.2) is 0 Å². The number of hydrogen-bond acceptors (Lipinski definition) is 2. The van der Waals surface area contributed by atoms with Crippen molar-refractivity contribution in [3.8, 4) is 5.75 Å². The molecule has 0 N–H and O–H groups in total. The molecule has 0 amide bonds. The van der Waals surface area contributed by atoms with Crippen LogP contribution in [0, 0.1) is 17.3 Å². The quantitative estimate of drug-likeness (QED) is 0.742. The average molecular weight is 328 g/mol. The minimum atomic E-state index is 0.452. The Bertz CT molecular complexity index is 596. The van der Waals surface area contributed by atoms with Gasteiger partial charge < -0.3 is 9.47 Å². The van der Waals surface area contributed by atoms with Gasteiger partial charge in [0, 0.05) is 6.61 Å². The molecule has 1 aromatic rings. The molecule has 2 heteroatoms. The molecule has 132 valence electrons. The predicted octanol–water partition coefficient (Wildman–Crippen LogP) is 5.35. The zero-order valence-corrected chi connectivity index (χ0v) is 15.5. The van der Waals surface area contributed by atoms with Crippen molar-refractivity contribution in [3.63, 3.8) is 0 Å². The Kier molecular flexibility index (Phi) is 4.36. The van der Waals surface area contributed by atoms with Crippen LogP contribution in [0.5, 0.6) is 5.75 Å². The van der Waals surface area contributed by atoms with Gasteiger partial charge in [-0.05, 0) is 98.3 Å². The van der Waals surface area contributed by atoms with Gasteiger partial charge in [-0.3, -0.25) is 0 Å². The van der Waals surface area contributed by atoms with Gasteiger partial charge in [0.2, 0.25) is 0 Å². The van der Waals surface area contributed by atoms with Crippen LogP contribution in [0.25, 0.3) is 0 Å². The highest BCUT2D eigenvalue weighted by Crippen LogP contribution is 2.63. The Labute approximate surface area is 146 Å². The molecule has 2 nitrogen and oxygen atoms in total. The molecular weight excluding hydrogens is 296 g/mol. The lowest BCUT2D eigenvalue weighted by molar-refractivity contribution is -0.0735. The van der Waals surface area contributed by atoms with E-state index in [1.807, 2.05) is 0 Å². The maximum absolute atomic E-state index is 6.23. The lowest BCUT2D eigenvalue weighted by Gasteiger charge is -2.52. The fourth-order valence-electron chi connectivity index (χ4n) is 6.55. The van der Waals surface area contributed by atoms with Gasteiger partial charge in [0.25, 0.3) is 0 Å². The summed E-state index contributed by atoms with van der Waals surface area (Å²) in [6.07, 6.45) is 9.74. The third kappa shape index (κ3) is 2.33. The van der Waals surface area contributed by atoms with Gasteiger partial charge in [0.05, 0.1) is 13.2 Å². The number of rotatable bonds is 4. The lowest BCUT2D eigenvalue weighted by atomic mass is 9.54. The third-order valence-corrected chi connectivity index (χ3v) is 7.60. The number of aryl methyl sites for hydroxylation is 1. The van der Waals surface area contributed by atoms with Crippen molar-refractivity contribution in [2.75, 3.05) is 13.7 Å². The van der Waals surface area contributed by atoms with E-state index in [0.717, 1.165) is 30.1 Å². The monoisotopic (exact) mass is 328 g/mol. The van der Waals surface area contributed by atoms with Crippen molar-refractivity contribution in [3.05, 3.63) is 29.3 Å². The first kappa shape index (κ1) is 16.4. The molecule has 0 aromatic heterocycles. The molecule has 5 atom stereocenters. The summed E-state index contributed by atoms with van der Waals surface area (Å²) in [6, 6.07) is 6.78. The molecule has 3 aliphatic carbocycles. The van der Waals surface area contributed by atoms with E-state index in [1.54, 1.807) is 18.2 Å². The summed E-state index contributed by atoms with van der Waals surface area (Å²) >= 11 is 0. The molecule has 0 saturated heterocycles. The summed E-state index contributed by atoms with van der Waals surface area (Å²) in [5, 5.41) is 0. The number of fused-ring (bicyclic) bond motifs is 5. The van der Waals surface area contributed by atoms with Crippen LogP contribution in [-0.4, -0.2) is 19.8 Å². The number of ether oxygens (including phenoxy) is 2. The van der Waals surface area contributed by atoms with Gasteiger partial charge in [-0.15, -0.1) is 0 Å². The molecule has 24 heavy (non-hydrogen) atoms. The van der Waals surface area contributed by atoms with Crippen LogP contribution in [0.2, 0.25) is 0 Å². The standard InChI is InChI=1S/C22H32O2/c1-4-22-13-12-17-18(20(22)10-11-21(22)24-5-2)9-7-15-6-8-16(23-3)14-19(15)17/h6,8,14,17-18,20-21H,4-5,7,9-13H2,1-3H3/t17-,18+,20-,21-,22-/m0/s1. The minimum Gasteiger partial charge on any atom is -0.497 e. The van der Waals surface area contributed by atoms with Crippen LogP contribution < -0.4 is 4.74 Å². The van der Waals surface area contributed by atoms with E-state index < -0.39 is 0 Å². The van der Waals surface area contributed by atoms with Gasteiger partial charge in [-0.2, -0.15) is 0 Å². The zero-order chi connectivity index (χ0) is 16.7. The largest absolute Gasteiger partial charge is 0.497 e. The van der Waals surface area contributed by atoms with Gasteiger partial charge >= 0.3 is 0 Å². The van der Waals surface area contributed by atoms with Crippen molar-refractivity contribution >= 4 is 0 Å². The molecule has 4 rings (SSSR count). The molecule has 0 heterocycles. The van der Waals surface area contributed by atoms with Crippen LogP contribution in [0.3, 0.4) is 0 Å². The van der Waals surface area contributed by atoms with Gasteiger partial charge in [-0.1, -0.05) is 13.0 Å². The van der Waals surface area contributed by atoms with Crippen LogP contribution in [-0.2, 0) is 11.2 Å². The Hall–Kier alpha value is -1.02. The topological polar surface area (TPSA) is 18.5 Å². The fourth-order valence-corrected chi connectivity index (χ4v) is 6.55. The van der Waals surface area contributed by atoms with Crippen molar-refractivity contribution in [2.24, 2.45) is 17.3 Å². The second-order valence-corrected chi connectivity index (χ2v) is 8.13. The molecular formula is C22H32O2. The fraction of sp³-hybridized carbons (Fsp3) is 0.727. The van der Waals surface area contributed by atoms with E-state index in [2.05, 4.69) is 32.0 Å². The van der Waals surface area contributed by atoms with Crippen LogP contribution in [0.4, 0.5) is 0 Å². The minimum absolute atomic E-state index is 0.452. The van der Waals surface area contributed by atoms with Crippen molar-refractivity contribution < 1.29 is 9.47 Å². The number of benzene rings is 1. The maximum atomic E-state index is 6.23. The molecule has 3 aliphatic rings.